The van der Waals surface area contributed by atoms with E-state index < -0.39 is 0 Å². The standard InChI is InChI=1S/C13H20O2/c1-10-7-13(5-4-11(10)8-13)9-15-12-3-2-6-14-12/h4-5,10-12H,2-3,6-9H2,1H3. The Morgan fingerprint density at radius 1 is 1.47 bits per heavy atom. The Bertz CT molecular complexity index is 268. The van der Waals surface area contributed by atoms with Crippen LogP contribution in [0.2, 0.25) is 0 Å². The highest BCUT2D eigenvalue weighted by atomic mass is 16.7. The Balaban J connectivity index is 1.57. The molecule has 1 heterocycles. The second-order valence-corrected chi connectivity index (χ2v) is 5.52. The van der Waals surface area contributed by atoms with Crippen molar-refractivity contribution in [3.63, 3.8) is 0 Å². The van der Waals surface area contributed by atoms with E-state index in [9.17, 15) is 0 Å². The van der Waals surface area contributed by atoms with Crippen molar-refractivity contribution in [1.29, 1.82) is 0 Å². The van der Waals surface area contributed by atoms with Crippen LogP contribution in [0, 0.1) is 17.3 Å². The first-order chi connectivity index (χ1) is 7.27. The molecule has 3 rings (SSSR count). The summed E-state index contributed by atoms with van der Waals surface area (Å²) in [5, 5.41) is 0. The molecule has 4 atom stereocenters. The highest BCUT2D eigenvalue weighted by Gasteiger charge is 2.45. The molecule has 0 spiro atoms. The van der Waals surface area contributed by atoms with Crippen molar-refractivity contribution in [3.05, 3.63) is 12.2 Å². The number of rotatable bonds is 3. The molecule has 2 nitrogen and oxygen atoms in total. The van der Waals surface area contributed by atoms with E-state index in [1.807, 2.05) is 0 Å². The van der Waals surface area contributed by atoms with Crippen LogP contribution in [0.5, 0.6) is 0 Å². The van der Waals surface area contributed by atoms with E-state index in [0.29, 0.717) is 5.41 Å². The summed E-state index contributed by atoms with van der Waals surface area (Å²) < 4.78 is 11.4. The van der Waals surface area contributed by atoms with Gasteiger partial charge in [0.1, 0.15) is 0 Å². The zero-order valence-corrected chi connectivity index (χ0v) is 9.45. The minimum absolute atomic E-state index is 0.0859. The highest BCUT2D eigenvalue weighted by Crippen LogP contribution is 2.52. The van der Waals surface area contributed by atoms with Crippen LogP contribution in [0.25, 0.3) is 0 Å². The van der Waals surface area contributed by atoms with Crippen molar-refractivity contribution in [3.8, 4) is 0 Å². The van der Waals surface area contributed by atoms with Gasteiger partial charge in [-0.25, -0.2) is 0 Å². The second kappa shape index (κ2) is 3.60. The van der Waals surface area contributed by atoms with Gasteiger partial charge in [-0.3, -0.25) is 0 Å². The number of ether oxygens (including phenoxy) is 2. The summed E-state index contributed by atoms with van der Waals surface area (Å²) in [5.41, 5.74) is 0.357. The van der Waals surface area contributed by atoms with Crippen molar-refractivity contribution in [2.45, 2.75) is 38.9 Å². The topological polar surface area (TPSA) is 18.5 Å². The molecule has 3 aliphatic rings. The van der Waals surface area contributed by atoms with Gasteiger partial charge in [0.15, 0.2) is 6.29 Å². The summed E-state index contributed by atoms with van der Waals surface area (Å²) in [4.78, 5) is 0. The molecular weight excluding hydrogens is 188 g/mol. The molecule has 15 heavy (non-hydrogen) atoms. The summed E-state index contributed by atoms with van der Waals surface area (Å²) >= 11 is 0. The summed E-state index contributed by atoms with van der Waals surface area (Å²) in [6.07, 6.45) is 9.73. The quantitative estimate of drug-likeness (QED) is 0.664. The lowest BCUT2D eigenvalue weighted by atomic mass is 9.86. The first-order valence-corrected chi connectivity index (χ1v) is 6.20. The van der Waals surface area contributed by atoms with E-state index in [2.05, 4.69) is 19.1 Å². The Kier molecular flexibility index (Phi) is 2.37. The third-order valence-electron chi connectivity index (χ3n) is 4.24. The monoisotopic (exact) mass is 208 g/mol. The molecule has 4 unspecified atom stereocenters. The zero-order valence-electron chi connectivity index (χ0n) is 9.45. The molecular formula is C13H20O2. The van der Waals surface area contributed by atoms with Gasteiger partial charge in [0.2, 0.25) is 0 Å². The van der Waals surface area contributed by atoms with E-state index in [0.717, 1.165) is 37.9 Å². The van der Waals surface area contributed by atoms with Crippen LogP contribution < -0.4 is 0 Å². The van der Waals surface area contributed by atoms with Gasteiger partial charge in [-0.2, -0.15) is 0 Å². The normalized spacial score (nSPS) is 47.9. The van der Waals surface area contributed by atoms with Crippen LogP contribution in [0.3, 0.4) is 0 Å². The van der Waals surface area contributed by atoms with Gasteiger partial charge in [-0.15, -0.1) is 0 Å². The molecule has 2 heteroatoms. The van der Waals surface area contributed by atoms with Gasteiger partial charge in [0.05, 0.1) is 6.61 Å². The van der Waals surface area contributed by atoms with Crippen molar-refractivity contribution in [2.24, 2.45) is 17.3 Å². The molecule has 2 fully saturated rings. The van der Waals surface area contributed by atoms with Crippen LogP contribution in [0.15, 0.2) is 12.2 Å². The molecule has 0 aromatic rings. The maximum absolute atomic E-state index is 5.88. The van der Waals surface area contributed by atoms with Crippen molar-refractivity contribution < 1.29 is 9.47 Å². The van der Waals surface area contributed by atoms with E-state index in [1.165, 1.54) is 12.8 Å². The minimum atomic E-state index is 0.0859. The van der Waals surface area contributed by atoms with Gasteiger partial charge in [-0.05, 0) is 31.1 Å². The molecule has 0 aromatic heterocycles. The van der Waals surface area contributed by atoms with Crippen molar-refractivity contribution in [1.82, 2.24) is 0 Å². The number of allylic oxidation sites excluding steroid dienone is 1. The van der Waals surface area contributed by atoms with E-state index in [1.54, 1.807) is 0 Å². The Morgan fingerprint density at radius 2 is 2.40 bits per heavy atom. The third-order valence-corrected chi connectivity index (χ3v) is 4.24. The molecule has 0 aromatic carbocycles. The lowest BCUT2D eigenvalue weighted by Gasteiger charge is -2.26. The predicted octanol–water partition coefficient (Wildman–Crippen LogP) is 2.74. The van der Waals surface area contributed by atoms with Crippen LogP contribution in [-0.4, -0.2) is 19.5 Å². The maximum Gasteiger partial charge on any atom is 0.157 e. The molecule has 2 aliphatic carbocycles. The smallest absolute Gasteiger partial charge is 0.157 e. The van der Waals surface area contributed by atoms with Gasteiger partial charge in [-0.1, -0.05) is 19.1 Å². The minimum Gasteiger partial charge on any atom is -0.353 e. The fourth-order valence-corrected chi connectivity index (χ4v) is 3.37. The largest absolute Gasteiger partial charge is 0.353 e. The molecule has 1 saturated carbocycles. The third kappa shape index (κ3) is 1.74. The number of fused-ring (bicyclic) bond motifs is 2. The number of hydrogen-bond acceptors (Lipinski definition) is 2. The Hall–Kier alpha value is -0.340. The summed E-state index contributed by atoms with van der Waals surface area (Å²) in [5.74, 6) is 1.67. The fourth-order valence-electron chi connectivity index (χ4n) is 3.37. The van der Waals surface area contributed by atoms with Crippen LogP contribution in [0.1, 0.15) is 32.6 Å². The van der Waals surface area contributed by atoms with Crippen LogP contribution in [0.4, 0.5) is 0 Å². The van der Waals surface area contributed by atoms with E-state index in [-0.39, 0.29) is 6.29 Å². The summed E-state index contributed by atoms with van der Waals surface area (Å²) in [6, 6.07) is 0. The maximum atomic E-state index is 5.88. The highest BCUT2D eigenvalue weighted by molar-refractivity contribution is 5.17. The first kappa shape index (κ1) is 9.86. The van der Waals surface area contributed by atoms with E-state index >= 15 is 0 Å². The summed E-state index contributed by atoms with van der Waals surface area (Å²) in [7, 11) is 0. The molecule has 1 saturated heterocycles. The summed E-state index contributed by atoms with van der Waals surface area (Å²) in [6.45, 7) is 4.11. The average molecular weight is 208 g/mol. The van der Waals surface area contributed by atoms with Gasteiger partial charge in [0, 0.05) is 18.4 Å². The Labute approximate surface area is 91.6 Å². The second-order valence-electron chi connectivity index (χ2n) is 5.52. The fraction of sp³-hybridized carbons (Fsp3) is 0.846. The van der Waals surface area contributed by atoms with Gasteiger partial charge in [0.25, 0.3) is 0 Å². The van der Waals surface area contributed by atoms with Crippen molar-refractivity contribution in [2.75, 3.05) is 13.2 Å². The molecule has 0 N–H and O–H groups in total. The van der Waals surface area contributed by atoms with E-state index in [4.69, 9.17) is 9.47 Å². The first-order valence-electron chi connectivity index (χ1n) is 6.20. The lowest BCUT2D eigenvalue weighted by molar-refractivity contribution is -0.127. The van der Waals surface area contributed by atoms with Crippen LogP contribution >= 0.6 is 0 Å². The molecule has 0 amide bonds. The molecule has 84 valence electrons. The SMILES string of the molecule is CC1CC2(COC3CCCO3)C=CC1C2. The Morgan fingerprint density at radius 3 is 3.00 bits per heavy atom. The number of hydrogen-bond donors (Lipinski definition) is 0. The molecule has 0 radical (unpaired) electrons. The van der Waals surface area contributed by atoms with Gasteiger partial charge < -0.3 is 9.47 Å². The average Bonchev–Trinajstić information content (AvgIpc) is 2.90. The zero-order chi connectivity index (χ0) is 10.3. The lowest BCUT2D eigenvalue weighted by Crippen LogP contribution is -2.24. The predicted molar refractivity (Wildman–Crippen MR) is 58.4 cm³/mol. The van der Waals surface area contributed by atoms with Crippen LogP contribution in [-0.2, 0) is 9.47 Å². The molecule has 1 aliphatic heterocycles. The molecule has 2 bridgehead atoms. The van der Waals surface area contributed by atoms with Crippen molar-refractivity contribution >= 4 is 0 Å². The van der Waals surface area contributed by atoms with Gasteiger partial charge >= 0.3 is 0 Å².